The Morgan fingerprint density at radius 3 is 2.19 bits per heavy atom. The van der Waals surface area contributed by atoms with E-state index in [1.165, 1.54) is 29.8 Å². The first kappa shape index (κ1) is 22.5. The SMILES string of the molecule is CCc1ccc(NC(=O)COc2ccc(S(=O)(=O)N[C@H](C)c3ccccc3)cc2)cc1. The number of aryl methyl sites for hydroxylation is 1. The van der Waals surface area contributed by atoms with Gasteiger partial charge < -0.3 is 10.1 Å². The van der Waals surface area contributed by atoms with Crippen LogP contribution in [0.3, 0.4) is 0 Å². The molecule has 0 aliphatic rings. The zero-order chi connectivity index (χ0) is 22.3. The van der Waals surface area contributed by atoms with Gasteiger partial charge in [-0.15, -0.1) is 0 Å². The third-order valence-corrected chi connectivity index (χ3v) is 6.34. The maximum atomic E-state index is 12.6. The first-order valence-corrected chi connectivity index (χ1v) is 11.5. The van der Waals surface area contributed by atoms with Crippen LogP contribution < -0.4 is 14.8 Å². The first-order valence-electron chi connectivity index (χ1n) is 10.1. The number of hydrogen-bond donors (Lipinski definition) is 2. The molecule has 0 aliphatic heterocycles. The van der Waals surface area contributed by atoms with Crippen LogP contribution in [0.5, 0.6) is 5.75 Å². The molecule has 0 unspecified atom stereocenters. The highest BCUT2D eigenvalue weighted by Crippen LogP contribution is 2.19. The predicted octanol–water partition coefficient (Wildman–Crippen LogP) is 4.31. The van der Waals surface area contributed by atoms with Crippen molar-refractivity contribution >= 4 is 21.6 Å². The molecule has 0 fully saturated rings. The molecule has 0 heterocycles. The molecule has 7 heteroatoms. The van der Waals surface area contributed by atoms with Crippen molar-refractivity contribution in [1.29, 1.82) is 0 Å². The average Bonchev–Trinajstić information content (AvgIpc) is 2.79. The largest absolute Gasteiger partial charge is 0.484 e. The Balaban J connectivity index is 1.54. The summed E-state index contributed by atoms with van der Waals surface area (Å²) in [7, 11) is -3.69. The molecule has 0 radical (unpaired) electrons. The van der Waals surface area contributed by atoms with E-state index in [9.17, 15) is 13.2 Å². The fraction of sp³-hybridized carbons (Fsp3) is 0.208. The third kappa shape index (κ3) is 6.41. The summed E-state index contributed by atoms with van der Waals surface area (Å²) in [5.41, 5.74) is 2.77. The van der Waals surface area contributed by atoms with Crippen LogP contribution in [0.2, 0.25) is 0 Å². The lowest BCUT2D eigenvalue weighted by molar-refractivity contribution is -0.118. The molecule has 6 nitrogen and oxygen atoms in total. The van der Waals surface area contributed by atoms with Gasteiger partial charge in [0.25, 0.3) is 5.91 Å². The quantitative estimate of drug-likeness (QED) is 0.522. The maximum Gasteiger partial charge on any atom is 0.262 e. The van der Waals surface area contributed by atoms with Crippen molar-refractivity contribution < 1.29 is 17.9 Å². The Hall–Kier alpha value is -3.16. The van der Waals surface area contributed by atoms with Crippen molar-refractivity contribution in [2.45, 2.75) is 31.2 Å². The van der Waals surface area contributed by atoms with Crippen LogP contribution >= 0.6 is 0 Å². The van der Waals surface area contributed by atoms with Crippen LogP contribution in [0.25, 0.3) is 0 Å². The van der Waals surface area contributed by atoms with Crippen LogP contribution in [0.4, 0.5) is 5.69 Å². The van der Waals surface area contributed by atoms with Gasteiger partial charge in [-0.3, -0.25) is 4.79 Å². The monoisotopic (exact) mass is 438 g/mol. The van der Waals surface area contributed by atoms with E-state index in [0.717, 1.165) is 12.0 Å². The van der Waals surface area contributed by atoms with Gasteiger partial charge in [0, 0.05) is 11.7 Å². The summed E-state index contributed by atoms with van der Waals surface area (Å²) in [5.74, 6) is 0.117. The lowest BCUT2D eigenvalue weighted by Gasteiger charge is -2.15. The van der Waals surface area contributed by atoms with E-state index in [2.05, 4.69) is 17.0 Å². The van der Waals surface area contributed by atoms with Gasteiger partial charge in [0.1, 0.15) is 5.75 Å². The number of carbonyl (C=O) groups is 1. The molecular formula is C24H26N2O4S. The molecule has 3 rings (SSSR count). The lowest BCUT2D eigenvalue weighted by Crippen LogP contribution is -2.26. The van der Waals surface area contributed by atoms with E-state index in [4.69, 9.17) is 4.74 Å². The van der Waals surface area contributed by atoms with Gasteiger partial charge in [0.2, 0.25) is 10.0 Å². The molecule has 0 saturated heterocycles. The van der Waals surface area contributed by atoms with E-state index in [0.29, 0.717) is 11.4 Å². The highest BCUT2D eigenvalue weighted by Gasteiger charge is 2.18. The molecular weight excluding hydrogens is 412 g/mol. The minimum Gasteiger partial charge on any atom is -0.484 e. The lowest BCUT2D eigenvalue weighted by atomic mass is 10.1. The maximum absolute atomic E-state index is 12.6. The Kier molecular flexibility index (Phi) is 7.44. The smallest absolute Gasteiger partial charge is 0.262 e. The molecule has 3 aromatic rings. The molecule has 0 spiro atoms. The van der Waals surface area contributed by atoms with Crippen LogP contribution in [0.1, 0.15) is 31.0 Å². The molecule has 0 aliphatic carbocycles. The summed E-state index contributed by atoms with van der Waals surface area (Å²) in [5, 5.41) is 2.77. The summed E-state index contributed by atoms with van der Waals surface area (Å²) >= 11 is 0. The van der Waals surface area contributed by atoms with Gasteiger partial charge in [-0.1, -0.05) is 49.4 Å². The van der Waals surface area contributed by atoms with Crippen LogP contribution in [0, 0.1) is 0 Å². The summed E-state index contributed by atoms with van der Waals surface area (Å²) in [6, 6.07) is 22.6. The van der Waals surface area contributed by atoms with Crippen molar-refractivity contribution in [2.75, 3.05) is 11.9 Å². The molecule has 162 valence electrons. The molecule has 0 saturated carbocycles. The number of benzene rings is 3. The second kappa shape index (κ2) is 10.2. The van der Waals surface area contributed by atoms with Crippen molar-refractivity contribution in [3.05, 3.63) is 90.0 Å². The van der Waals surface area contributed by atoms with E-state index in [-0.39, 0.29) is 23.5 Å². The topological polar surface area (TPSA) is 84.5 Å². The Labute approximate surface area is 183 Å². The van der Waals surface area contributed by atoms with Crippen molar-refractivity contribution in [3.8, 4) is 5.75 Å². The molecule has 0 bridgehead atoms. The normalized spacial score (nSPS) is 12.2. The molecule has 3 aromatic carbocycles. The van der Waals surface area contributed by atoms with Crippen LogP contribution in [-0.2, 0) is 21.2 Å². The average molecular weight is 439 g/mol. The van der Waals surface area contributed by atoms with Gasteiger partial charge >= 0.3 is 0 Å². The zero-order valence-electron chi connectivity index (χ0n) is 17.5. The number of ether oxygens (including phenoxy) is 1. The highest BCUT2D eigenvalue weighted by molar-refractivity contribution is 7.89. The van der Waals surface area contributed by atoms with E-state index in [1.54, 1.807) is 6.92 Å². The van der Waals surface area contributed by atoms with E-state index in [1.807, 2.05) is 54.6 Å². The van der Waals surface area contributed by atoms with Crippen LogP contribution in [-0.4, -0.2) is 20.9 Å². The molecule has 1 atom stereocenters. The second-order valence-electron chi connectivity index (χ2n) is 7.11. The summed E-state index contributed by atoms with van der Waals surface area (Å²) < 4.78 is 33.4. The number of nitrogens with one attached hydrogen (secondary N) is 2. The van der Waals surface area contributed by atoms with Gasteiger partial charge in [-0.05, 0) is 60.9 Å². The number of anilines is 1. The summed E-state index contributed by atoms with van der Waals surface area (Å²) in [6.07, 6.45) is 0.934. The number of rotatable bonds is 9. The highest BCUT2D eigenvalue weighted by atomic mass is 32.2. The Morgan fingerprint density at radius 2 is 1.58 bits per heavy atom. The van der Waals surface area contributed by atoms with Crippen molar-refractivity contribution in [3.63, 3.8) is 0 Å². The van der Waals surface area contributed by atoms with Crippen molar-refractivity contribution in [2.24, 2.45) is 0 Å². The van der Waals surface area contributed by atoms with Gasteiger partial charge in [-0.2, -0.15) is 0 Å². The summed E-state index contributed by atoms with van der Waals surface area (Å²) in [6.45, 7) is 3.68. The fourth-order valence-corrected chi connectivity index (χ4v) is 4.23. The van der Waals surface area contributed by atoms with Crippen LogP contribution in [0.15, 0.2) is 83.8 Å². The second-order valence-corrected chi connectivity index (χ2v) is 8.83. The van der Waals surface area contributed by atoms with Crippen molar-refractivity contribution in [1.82, 2.24) is 4.72 Å². The number of amides is 1. The van der Waals surface area contributed by atoms with E-state index >= 15 is 0 Å². The number of carbonyl (C=O) groups excluding carboxylic acids is 1. The molecule has 1 amide bonds. The summed E-state index contributed by atoms with van der Waals surface area (Å²) in [4.78, 5) is 12.2. The third-order valence-electron chi connectivity index (χ3n) is 4.78. The minimum absolute atomic E-state index is 0.128. The minimum atomic E-state index is -3.69. The first-order chi connectivity index (χ1) is 14.9. The number of sulfonamides is 1. The van der Waals surface area contributed by atoms with Gasteiger partial charge in [-0.25, -0.2) is 13.1 Å². The fourth-order valence-electron chi connectivity index (χ4n) is 3.00. The van der Waals surface area contributed by atoms with E-state index < -0.39 is 10.0 Å². The van der Waals surface area contributed by atoms with Gasteiger partial charge in [0.05, 0.1) is 4.90 Å². The van der Waals surface area contributed by atoms with Gasteiger partial charge in [0.15, 0.2) is 6.61 Å². The zero-order valence-corrected chi connectivity index (χ0v) is 18.4. The Morgan fingerprint density at radius 1 is 0.935 bits per heavy atom. The molecule has 2 N–H and O–H groups in total. The number of hydrogen-bond acceptors (Lipinski definition) is 4. The standard InChI is InChI=1S/C24H26N2O4S/c1-3-19-9-11-21(12-10-19)25-24(27)17-30-22-13-15-23(16-14-22)31(28,29)26-18(2)20-7-5-4-6-8-20/h4-16,18,26H,3,17H2,1-2H3,(H,25,27)/t18-/m1/s1. The molecule has 0 aromatic heterocycles. The predicted molar refractivity (Wildman–Crippen MR) is 122 cm³/mol. The molecule has 31 heavy (non-hydrogen) atoms. The Bertz CT molecular complexity index is 1100.